The van der Waals surface area contributed by atoms with Crippen LogP contribution < -0.4 is 0 Å². The van der Waals surface area contributed by atoms with Crippen LogP contribution in [0.1, 0.15) is 124 Å². The Morgan fingerprint density at radius 2 is 0.861 bits per heavy atom. The molecule has 0 saturated heterocycles. The van der Waals surface area contributed by atoms with E-state index in [-0.39, 0.29) is 27.6 Å². The molecule has 0 bridgehead atoms. The van der Waals surface area contributed by atoms with E-state index in [1.165, 1.54) is 105 Å². The molecule has 0 saturated carbocycles. The Hall–Kier alpha value is -8.40. The molecular formula is C76H62O3. The molecule has 79 heavy (non-hydrogen) atoms. The van der Waals surface area contributed by atoms with Crippen molar-refractivity contribution in [2.75, 3.05) is 0 Å². The number of hydrogen-bond donors (Lipinski definition) is 0. The number of furan rings is 3. The predicted molar refractivity (Wildman–Crippen MR) is 328 cm³/mol. The number of para-hydroxylation sites is 3. The molecule has 3 aliphatic carbocycles. The molecule has 3 aliphatic rings. The van der Waals surface area contributed by atoms with Gasteiger partial charge < -0.3 is 13.3 Å². The molecule has 0 aliphatic heterocycles. The second kappa shape index (κ2) is 15.9. The van der Waals surface area contributed by atoms with E-state index in [1.807, 2.05) is 6.07 Å². The first-order valence-electron chi connectivity index (χ1n) is 28.5. The Morgan fingerprint density at radius 3 is 1.52 bits per heavy atom. The fourth-order valence-electron chi connectivity index (χ4n) is 15.3. The van der Waals surface area contributed by atoms with Crippen LogP contribution in [0.15, 0.2) is 195 Å². The fourth-order valence-corrected chi connectivity index (χ4v) is 15.3. The van der Waals surface area contributed by atoms with Gasteiger partial charge in [-0.1, -0.05) is 214 Å². The van der Waals surface area contributed by atoms with Crippen LogP contribution in [0.25, 0.3) is 110 Å². The smallest absolute Gasteiger partial charge is 0.144 e. The molecule has 0 spiro atoms. The minimum Gasteiger partial charge on any atom is -0.456 e. The third-order valence-corrected chi connectivity index (χ3v) is 19.2. The fraction of sp³-hybridized carbons (Fsp3) is 0.211. The molecule has 3 heterocycles. The van der Waals surface area contributed by atoms with Crippen LogP contribution in [0, 0.1) is 0 Å². The minimum absolute atomic E-state index is 0.0570. The van der Waals surface area contributed by atoms with Gasteiger partial charge in [0.05, 0.1) is 0 Å². The molecule has 3 aromatic heterocycles. The van der Waals surface area contributed by atoms with Crippen molar-refractivity contribution < 1.29 is 13.3 Å². The number of benzene rings is 10. The third kappa shape index (κ3) is 6.36. The van der Waals surface area contributed by atoms with Gasteiger partial charge in [-0.05, 0) is 144 Å². The topological polar surface area (TPSA) is 39.4 Å². The van der Waals surface area contributed by atoms with Crippen LogP contribution in [0.3, 0.4) is 0 Å². The van der Waals surface area contributed by atoms with Crippen molar-refractivity contribution in [1.82, 2.24) is 0 Å². The van der Waals surface area contributed by atoms with Gasteiger partial charge in [0, 0.05) is 59.7 Å². The van der Waals surface area contributed by atoms with Gasteiger partial charge in [0.1, 0.15) is 33.5 Å². The van der Waals surface area contributed by atoms with Crippen molar-refractivity contribution in [3.8, 4) is 44.5 Å². The summed E-state index contributed by atoms with van der Waals surface area (Å²) < 4.78 is 20.5. The van der Waals surface area contributed by atoms with Crippen LogP contribution in [-0.2, 0) is 34.5 Å². The van der Waals surface area contributed by atoms with Crippen molar-refractivity contribution in [2.24, 2.45) is 0 Å². The highest BCUT2D eigenvalue weighted by Gasteiger charge is 2.49. The van der Waals surface area contributed by atoms with Crippen LogP contribution >= 0.6 is 0 Å². The maximum absolute atomic E-state index is 7.00. The summed E-state index contributed by atoms with van der Waals surface area (Å²) in [5, 5.41) is 7.00. The molecule has 1 atom stereocenters. The molecule has 10 aromatic carbocycles. The van der Waals surface area contributed by atoms with E-state index in [1.54, 1.807) is 0 Å². The third-order valence-electron chi connectivity index (χ3n) is 19.2. The Labute approximate surface area is 461 Å². The molecule has 16 rings (SSSR count). The van der Waals surface area contributed by atoms with E-state index < -0.39 is 0 Å². The van der Waals surface area contributed by atoms with Crippen molar-refractivity contribution in [3.05, 3.63) is 238 Å². The molecule has 3 heteroatoms. The summed E-state index contributed by atoms with van der Waals surface area (Å²) >= 11 is 0. The van der Waals surface area contributed by atoms with Gasteiger partial charge >= 0.3 is 0 Å². The first-order chi connectivity index (χ1) is 38.1. The summed E-state index contributed by atoms with van der Waals surface area (Å²) in [7, 11) is 0. The standard InChI is InChI=1S/C76H62O3/c1-73(2,3)46-33-31-44(32-34-46)45(38-43-30-36-50-57(40-43)76(8,9)69-65(50)67-53-22-13-17-27-61(53)79-72(67)68-48-19-10-14-24-55(48)75(6,7)70(68)69)37-42-29-35-49-56(39-42)74(4,5)58-41-54(71-66(64(49)58)52-21-12-16-26-60(52)78-71)47-23-18-28-62-63(47)51-20-11-15-25-59(51)77-62/h10-36,39-41,45H,37-38H2,1-9H3. The maximum Gasteiger partial charge on any atom is 0.144 e. The first-order valence-corrected chi connectivity index (χ1v) is 28.5. The zero-order valence-corrected chi connectivity index (χ0v) is 46.5. The van der Waals surface area contributed by atoms with Gasteiger partial charge in [0.15, 0.2) is 0 Å². The Kier molecular flexibility index (Phi) is 9.38. The molecule has 0 amide bonds. The van der Waals surface area contributed by atoms with Crippen molar-refractivity contribution in [2.45, 2.75) is 103 Å². The number of rotatable bonds is 6. The molecule has 1 unspecified atom stereocenters. The normalized spacial score (nSPS) is 15.8. The molecule has 13 aromatic rings. The Morgan fingerprint density at radius 1 is 0.367 bits per heavy atom. The van der Waals surface area contributed by atoms with Gasteiger partial charge in [0.2, 0.25) is 0 Å². The summed E-state index contributed by atoms with van der Waals surface area (Å²) in [4.78, 5) is 0. The number of fused-ring (bicyclic) bond motifs is 22. The van der Waals surface area contributed by atoms with Crippen molar-refractivity contribution in [1.29, 1.82) is 0 Å². The minimum atomic E-state index is -0.291. The lowest BCUT2D eigenvalue weighted by Gasteiger charge is -2.31. The monoisotopic (exact) mass is 1020 g/mol. The quantitative estimate of drug-likeness (QED) is 0.167. The first kappa shape index (κ1) is 46.7. The molecule has 0 fully saturated rings. The van der Waals surface area contributed by atoms with Gasteiger partial charge in [-0.15, -0.1) is 0 Å². The van der Waals surface area contributed by atoms with Crippen LogP contribution in [0.5, 0.6) is 0 Å². The van der Waals surface area contributed by atoms with Gasteiger partial charge in [-0.2, -0.15) is 0 Å². The lowest BCUT2D eigenvalue weighted by atomic mass is 9.72. The second-order valence-electron chi connectivity index (χ2n) is 25.9. The largest absolute Gasteiger partial charge is 0.456 e. The highest BCUT2D eigenvalue weighted by Crippen LogP contribution is 2.64. The van der Waals surface area contributed by atoms with E-state index in [0.29, 0.717) is 0 Å². The molecule has 0 N–H and O–H groups in total. The summed E-state index contributed by atoms with van der Waals surface area (Å²) in [5.74, 6) is 0.229. The molecular weight excluding hydrogens is 961 g/mol. The van der Waals surface area contributed by atoms with E-state index in [9.17, 15) is 0 Å². The summed E-state index contributed by atoms with van der Waals surface area (Å²) in [6, 6.07) is 68.0. The maximum atomic E-state index is 7.00. The van der Waals surface area contributed by atoms with Gasteiger partial charge in [0.25, 0.3) is 0 Å². The van der Waals surface area contributed by atoms with Gasteiger partial charge in [-0.3, -0.25) is 0 Å². The van der Waals surface area contributed by atoms with E-state index >= 15 is 0 Å². The van der Waals surface area contributed by atoms with Crippen molar-refractivity contribution >= 4 is 65.8 Å². The zero-order chi connectivity index (χ0) is 53.6. The van der Waals surface area contributed by atoms with Crippen LogP contribution in [-0.4, -0.2) is 0 Å². The van der Waals surface area contributed by atoms with E-state index in [4.69, 9.17) is 13.3 Å². The number of hydrogen-bond acceptors (Lipinski definition) is 3. The molecule has 0 radical (unpaired) electrons. The predicted octanol–water partition coefficient (Wildman–Crippen LogP) is 20.8. The molecule has 384 valence electrons. The Balaban J connectivity index is 0.826. The van der Waals surface area contributed by atoms with E-state index in [2.05, 4.69) is 238 Å². The van der Waals surface area contributed by atoms with E-state index in [0.717, 1.165) is 73.6 Å². The lowest BCUT2D eigenvalue weighted by Crippen LogP contribution is -2.24. The van der Waals surface area contributed by atoms with Crippen molar-refractivity contribution in [3.63, 3.8) is 0 Å². The SMILES string of the molecule is CC(C)(C)c1ccc(C(Cc2ccc3c(c2)C(C)(C)c2cc(-c4cccc5oc6ccccc6c45)c4oc5ccccc5c4c2-3)Cc2ccc3c(c2)C(C)(C)c2c4c(c5oc6ccccc6c5c2-3)-c2ccccc2C4(C)C)cc1. The lowest BCUT2D eigenvalue weighted by molar-refractivity contribution is 0.588. The average Bonchev–Trinajstić information content (AvgIpc) is 4.07. The van der Waals surface area contributed by atoms with Gasteiger partial charge in [-0.25, -0.2) is 0 Å². The summed E-state index contributed by atoms with van der Waals surface area (Å²) in [6.07, 6.45) is 1.81. The van der Waals surface area contributed by atoms with Crippen LogP contribution in [0.2, 0.25) is 0 Å². The van der Waals surface area contributed by atoms with Crippen LogP contribution in [0.4, 0.5) is 0 Å². The summed E-state index contributed by atoms with van der Waals surface area (Å²) in [6.45, 7) is 21.6. The molecule has 3 nitrogen and oxygen atoms in total. The average molecular weight is 1020 g/mol. The summed E-state index contributed by atoms with van der Waals surface area (Å²) in [5.41, 5.74) is 28.7. The highest BCUT2D eigenvalue weighted by atomic mass is 16.3. The highest BCUT2D eigenvalue weighted by molar-refractivity contribution is 6.23. The Bertz CT molecular complexity index is 4780. The zero-order valence-electron chi connectivity index (χ0n) is 46.5. The second-order valence-corrected chi connectivity index (χ2v) is 25.9.